The molecule has 112 valence electrons. The van der Waals surface area contributed by atoms with Crippen LogP contribution in [0.4, 0.5) is 10.1 Å². The standard InChI is InChI=1S/C16H14FN3O2/c17-12-1-2-14-13(6-12)11(7-19-14)5-16(22)20-15-8-18-4-3-10(15)9-21/h1-4,6-8,19,21H,5,9H2,(H,20,22). The number of aliphatic hydroxyl groups excluding tert-OH is 1. The Bertz CT molecular complexity index is 829. The van der Waals surface area contributed by atoms with Crippen molar-refractivity contribution < 1.29 is 14.3 Å². The summed E-state index contributed by atoms with van der Waals surface area (Å²) in [7, 11) is 0. The fourth-order valence-corrected chi connectivity index (χ4v) is 2.34. The van der Waals surface area contributed by atoms with Gasteiger partial charge in [0.15, 0.2) is 0 Å². The first-order chi connectivity index (χ1) is 10.7. The van der Waals surface area contributed by atoms with Gasteiger partial charge in [0.05, 0.1) is 24.9 Å². The smallest absolute Gasteiger partial charge is 0.228 e. The molecule has 2 aromatic heterocycles. The van der Waals surface area contributed by atoms with Gasteiger partial charge in [-0.2, -0.15) is 0 Å². The van der Waals surface area contributed by atoms with Crippen molar-refractivity contribution in [1.29, 1.82) is 0 Å². The molecule has 3 rings (SSSR count). The van der Waals surface area contributed by atoms with Gasteiger partial charge in [0.2, 0.25) is 5.91 Å². The van der Waals surface area contributed by atoms with Gasteiger partial charge in [-0.1, -0.05) is 0 Å². The summed E-state index contributed by atoms with van der Waals surface area (Å²) in [6.07, 6.45) is 4.82. The lowest BCUT2D eigenvalue weighted by Crippen LogP contribution is -2.15. The number of fused-ring (bicyclic) bond motifs is 1. The Hall–Kier alpha value is -2.73. The van der Waals surface area contributed by atoms with Gasteiger partial charge >= 0.3 is 0 Å². The molecule has 6 heteroatoms. The molecule has 0 spiro atoms. The van der Waals surface area contributed by atoms with Gasteiger partial charge in [-0.15, -0.1) is 0 Å². The average molecular weight is 299 g/mol. The molecule has 5 nitrogen and oxygen atoms in total. The second-order valence-electron chi connectivity index (χ2n) is 4.92. The van der Waals surface area contributed by atoms with Crippen LogP contribution in [-0.4, -0.2) is 21.0 Å². The van der Waals surface area contributed by atoms with Crippen molar-refractivity contribution in [3.63, 3.8) is 0 Å². The van der Waals surface area contributed by atoms with Crippen LogP contribution in [0.25, 0.3) is 10.9 Å². The minimum Gasteiger partial charge on any atom is -0.392 e. The number of benzene rings is 1. The summed E-state index contributed by atoms with van der Waals surface area (Å²) in [5, 5.41) is 12.6. The molecule has 1 amide bonds. The van der Waals surface area contributed by atoms with Crippen molar-refractivity contribution in [2.45, 2.75) is 13.0 Å². The van der Waals surface area contributed by atoms with Gasteiger partial charge in [0.1, 0.15) is 5.82 Å². The Labute approximate surface area is 125 Å². The Morgan fingerprint density at radius 2 is 2.18 bits per heavy atom. The Kier molecular flexibility index (Phi) is 3.84. The van der Waals surface area contributed by atoms with Crippen LogP contribution in [-0.2, 0) is 17.8 Å². The van der Waals surface area contributed by atoms with Crippen molar-refractivity contribution in [1.82, 2.24) is 9.97 Å². The number of aliphatic hydroxyl groups is 1. The molecule has 0 aliphatic heterocycles. The summed E-state index contributed by atoms with van der Waals surface area (Å²) in [5.41, 5.74) is 2.55. The summed E-state index contributed by atoms with van der Waals surface area (Å²) in [6.45, 7) is -0.184. The van der Waals surface area contributed by atoms with Crippen LogP contribution < -0.4 is 5.32 Å². The topological polar surface area (TPSA) is 78.0 Å². The van der Waals surface area contributed by atoms with Crippen LogP contribution >= 0.6 is 0 Å². The quantitative estimate of drug-likeness (QED) is 0.692. The van der Waals surface area contributed by atoms with Gasteiger partial charge in [0.25, 0.3) is 0 Å². The molecule has 0 fully saturated rings. The lowest BCUT2D eigenvalue weighted by Gasteiger charge is -2.08. The van der Waals surface area contributed by atoms with Crippen molar-refractivity contribution in [3.05, 3.63) is 59.8 Å². The highest BCUT2D eigenvalue weighted by atomic mass is 19.1. The van der Waals surface area contributed by atoms with E-state index in [-0.39, 0.29) is 24.8 Å². The molecule has 0 saturated heterocycles. The average Bonchev–Trinajstić information content (AvgIpc) is 2.90. The van der Waals surface area contributed by atoms with Gasteiger partial charge in [0, 0.05) is 28.9 Å². The Morgan fingerprint density at radius 3 is 3.00 bits per heavy atom. The molecule has 3 aromatic rings. The maximum Gasteiger partial charge on any atom is 0.228 e. The fraction of sp³-hybridized carbons (Fsp3) is 0.125. The van der Waals surface area contributed by atoms with Gasteiger partial charge < -0.3 is 15.4 Å². The third-order valence-electron chi connectivity index (χ3n) is 3.44. The number of H-pyrrole nitrogens is 1. The van der Waals surface area contributed by atoms with Crippen LogP contribution in [0.3, 0.4) is 0 Å². The SMILES string of the molecule is O=C(Cc1c[nH]c2ccc(F)cc12)Nc1cnccc1CO. The molecule has 0 atom stereocenters. The van der Waals surface area contributed by atoms with Crippen molar-refractivity contribution in [2.75, 3.05) is 5.32 Å². The molecule has 0 radical (unpaired) electrons. The minimum atomic E-state index is -0.344. The number of aromatic nitrogens is 2. The molecule has 1 aromatic carbocycles. The molecule has 22 heavy (non-hydrogen) atoms. The van der Waals surface area contributed by atoms with Crippen LogP contribution in [0.15, 0.2) is 42.9 Å². The Balaban J connectivity index is 1.80. The number of carbonyl (C=O) groups excluding carboxylic acids is 1. The van der Waals surface area contributed by atoms with Gasteiger partial charge in [-0.25, -0.2) is 4.39 Å². The van der Waals surface area contributed by atoms with E-state index < -0.39 is 0 Å². The van der Waals surface area contributed by atoms with Crippen LogP contribution in [0.1, 0.15) is 11.1 Å². The molecule has 2 heterocycles. The van der Waals surface area contributed by atoms with Crippen molar-refractivity contribution in [3.8, 4) is 0 Å². The Morgan fingerprint density at radius 1 is 1.32 bits per heavy atom. The molecular weight excluding hydrogens is 285 g/mol. The first-order valence-electron chi connectivity index (χ1n) is 6.76. The summed E-state index contributed by atoms with van der Waals surface area (Å²) < 4.78 is 13.3. The van der Waals surface area contributed by atoms with E-state index in [2.05, 4.69) is 15.3 Å². The van der Waals surface area contributed by atoms with Crippen LogP contribution in [0.2, 0.25) is 0 Å². The molecule has 3 N–H and O–H groups in total. The zero-order valence-electron chi connectivity index (χ0n) is 11.6. The maximum atomic E-state index is 13.3. The number of halogens is 1. The summed E-state index contributed by atoms with van der Waals surface area (Å²) >= 11 is 0. The molecule has 0 aliphatic carbocycles. The minimum absolute atomic E-state index is 0.100. The van der Waals surface area contributed by atoms with E-state index in [4.69, 9.17) is 0 Å². The summed E-state index contributed by atoms with van der Waals surface area (Å²) in [5.74, 6) is -0.601. The highest BCUT2D eigenvalue weighted by Gasteiger charge is 2.11. The number of amides is 1. The highest BCUT2D eigenvalue weighted by molar-refractivity contribution is 5.96. The number of hydrogen-bond acceptors (Lipinski definition) is 3. The molecule has 0 aliphatic rings. The lowest BCUT2D eigenvalue weighted by atomic mass is 10.1. The third-order valence-corrected chi connectivity index (χ3v) is 3.44. The van der Waals surface area contributed by atoms with E-state index in [9.17, 15) is 14.3 Å². The molecular formula is C16H14FN3O2. The van der Waals surface area contributed by atoms with Crippen LogP contribution in [0, 0.1) is 5.82 Å². The first-order valence-corrected chi connectivity index (χ1v) is 6.76. The zero-order chi connectivity index (χ0) is 15.5. The molecule has 0 unspecified atom stereocenters. The van der Waals surface area contributed by atoms with E-state index in [1.165, 1.54) is 18.3 Å². The molecule has 0 bridgehead atoms. The van der Waals surface area contributed by atoms with Crippen molar-refractivity contribution >= 4 is 22.5 Å². The number of anilines is 1. The van der Waals surface area contributed by atoms with Gasteiger partial charge in [-0.3, -0.25) is 9.78 Å². The number of hydrogen-bond donors (Lipinski definition) is 3. The third kappa shape index (κ3) is 2.82. The molecule has 0 saturated carbocycles. The number of nitrogens with zero attached hydrogens (tertiary/aromatic N) is 1. The maximum absolute atomic E-state index is 13.3. The van der Waals surface area contributed by atoms with E-state index in [1.54, 1.807) is 24.5 Å². The van der Waals surface area contributed by atoms with E-state index in [0.29, 0.717) is 22.2 Å². The largest absolute Gasteiger partial charge is 0.392 e. The number of aromatic amines is 1. The second kappa shape index (κ2) is 5.95. The van der Waals surface area contributed by atoms with Crippen LogP contribution in [0.5, 0.6) is 0 Å². The lowest BCUT2D eigenvalue weighted by molar-refractivity contribution is -0.115. The first kappa shape index (κ1) is 14.2. The zero-order valence-corrected chi connectivity index (χ0v) is 11.6. The van der Waals surface area contributed by atoms with Gasteiger partial charge in [-0.05, 0) is 29.8 Å². The number of rotatable bonds is 4. The number of pyridine rings is 1. The van der Waals surface area contributed by atoms with E-state index in [1.807, 2.05) is 0 Å². The predicted molar refractivity (Wildman–Crippen MR) is 80.8 cm³/mol. The van der Waals surface area contributed by atoms with E-state index >= 15 is 0 Å². The summed E-state index contributed by atoms with van der Waals surface area (Å²) in [4.78, 5) is 19.1. The van der Waals surface area contributed by atoms with Crippen molar-refractivity contribution in [2.24, 2.45) is 0 Å². The van der Waals surface area contributed by atoms with E-state index in [0.717, 1.165) is 5.52 Å². The second-order valence-corrected chi connectivity index (χ2v) is 4.92. The number of carbonyl (C=O) groups is 1. The predicted octanol–water partition coefficient (Wildman–Crippen LogP) is 2.38. The monoisotopic (exact) mass is 299 g/mol. The fourth-order valence-electron chi connectivity index (χ4n) is 2.34. The highest BCUT2D eigenvalue weighted by Crippen LogP contribution is 2.20. The summed E-state index contributed by atoms with van der Waals surface area (Å²) in [6, 6.07) is 6.04. The normalized spacial score (nSPS) is 10.8. The number of nitrogens with one attached hydrogen (secondary N) is 2.